The predicted octanol–water partition coefficient (Wildman–Crippen LogP) is 5.78. The maximum Gasteiger partial charge on any atom is 0.460 e. The lowest BCUT2D eigenvalue weighted by Gasteiger charge is -2.43. The van der Waals surface area contributed by atoms with Gasteiger partial charge in [0.2, 0.25) is 0 Å². The van der Waals surface area contributed by atoms with E-state index >= 15 is 0 Å². The molecule has 0 saturated heterocycles. The van der Waals surface area contributed by atoms with Crippen LogP contribution in [-0.4, -0.2) is 53.5 Å². The highest BCUT2D eigenvalue weighted by Crippen LogP contribution is 2.63. The van der Waals surface area contributed by atoms with Crippen molar-refractivity contribution in [2.45, 2.75) is 54.5 Å². The van der Waals surface area contributed by atoms with E-state index in [1.807, 2.05) is 0 Å². The van der Waals surface area contributed by atoms with E-state index in [4.69, 9.17) is 0 Å². The highest BCUT2D eigenvalue weighted by Gasteiger charge is 2.95. The predicted molar refractivity (Wildman–Crippen MR) is 61.5 cm³/mol. The molecule has 1 atom stereocenters. The van der Waals surface area contributed by atoms with Crippen molar-refractivity contribution in [1.29, 1.82) is 0 Å². The number of hydrogen-bond donors (Lipinski definition) is 0. The fourth-order valence-corrected chi connectivity index (χ4v) is 1.54. The van der Waals surface area contributed by atoms with Gasteiger partial charge in [0.05, 0.1) is 0 Å². The summed E-state index contributed by atoms with van der Waals surface area (Å²) in [5, 5.41) is 0. The third-order valence-corrected chi connectivity index (χ3v) is 3.35. The molecule has 18 heteroatoms. The van der Waals surface area contributed by atoms with Gasteiger partial charge in [-0.15, -0.1) is 0 Å². The van der Waals surface area contributed by atoms with Gasteiger partial charge in [0.1, 0.15) is 0 Å². The number of hydrogen-bond acceptors (Lipinski definition) is 2. The number of carbonyl (C=O) groups is 1. The van der Waals surface area contributed by atoms with E-state index in [9.17, 15) is 75.0 Å². The Labute approximate surface area is 154 Å². The quantitative estimate of drug-likeness (QED) is 0.247. The highest BCUT2D eigenvalue weighted by atomic mass is 19.4. The number of esters is 1. The van der Waals surface area contributed by atoms with Gasteiger partial charge in [0, 0.05) is 13.0 Å². The third-order valence-electron chi connectivity index (χ3n) is 3.35. The van der Waals surface area contributed by atoms with E-state index in [2.05, 4.69) is 11.3 Å². The molecule has 0 unspecified atom stereocenters. The molecule has 0 amide bonds. The number of rotatable bonds is 8. The average Bonchev–Trinajstić information content (AvgIpc) is 2.51. The molecule has 0 aromatic heterocycles. The fourth-order valence-electron chi connectivity index (χ4n) is 1.54. The van der Waals surface area contributed by atoms with Crippen molar-refractivity contribution in [3.05, 3.63) is 12.7 Å². The largest absolute Gasteiger partial charge is 0.460 e. The molecule has 0 aliphatic rings. The summed E-state index contributed by atoms with van der Waals surface area (Å²) in [5.41, 5.74) is 0. The van der Waals surface area contributed by atoms with Crippen LogP contribution < -0.4 is 0 Å². The molecular formula is C12H6F16O2. The van der Waals surface area contributed by atoms with Crippen LogP contribution >= 0.6 is 0 Å². The van der Waals surface area contributed by atoms with Crippen molar-refractivity contribution in [3.8, 4) is 0 Å². The van der Waals surface area contributed by atoms with Crippen LogP contribution in [0, 0.1) is 0 Å². The van der Waals surface area contributed by atoms with E-state index < -0.39 is 60.5 Å². The molecule has 0 N–H and O–H groups in total. The maximum absolute atomic E-state index is 13.6. The second-order valence-corrected chi connectivity index (χ2v) is 5.49. The second kappa shape index (κ2) is 7.06. The van der Waals surface area contributed by atoms with Crippen LogP contribution in [0.15, 0.2) is 12.7 Å². The summed E-state index contributed by atoms with van der Waals surface area (Å²) in [5.74, 6) is -57.3. The van der Waals surface area contributed by atoms with Crippen LogP contribution in [0.25, 0.3) is 0 Å². The van der Waals surface area contributed by atoms with Gasteiger partial charge in [-0.1, -0.05) is 6.58 Å². The summed E-state index contributed by atoms with van der Waals surface area (Å²) >= 11 is 0. The molecule has 0 spiro atoms. The van der Waals surface area contributed by atoms with Crippen molar-refractivity contribution in [2.24, 2.45) is 0 Å². The lowest BCUT2D eigenvalue weighted by Crippen LogP contribution is -2.74. The Hall–Kier alpha value is -1.91. The highest BCUT2D eigenvalue weighted by molar-refractivity contribution is 5.81. The van der Waals surface area contributed by atoms with E-state index in [-0.39, 0.29) is 6.08 Å². The van der Waals surface area contributed by atoms with Gasteiger partial charge in [-0.25, -0.2) is 4.79 Å². The molecule has 0 saturated carbocycles. The maximum atomic E-state index is 13.6. The third kappa shape index (κ3) is 3.54. The van der Waals surface area contributed by atoms with Gasteiger partial charge in [0.25, 0.3) is 0 Å². The van der Waals surface area contributed by atoms with E-state index in [1.54, 1.807) is 0 Å². The first kappa shape index (κ1) is 28.1. The van der Waals surface area contributed by atoms with Crippen LogP contribution in [0.4, 0.5) is 70.2 Å². The van der Waals surface area contributed by atoms with Gasteiger partial charge < -0.3 is 4.74 Å². The minimum atomic E-state index is -8.57. The van der Waals surface area contributed by atoms with Crippen LogP contribution in [-0.2, 0) is 9.53 Å². The van der Waals surface area contributed by atoms with E-state index in [0.717, 1.165) is 0 Å². The van der Waals surface area contributed by atoms with Crippen LogP contribution in [0.2, 0.25) is 0 Å². The summed E-state index contributed by atoms with van der Waals surface area (Å²) < 4.78 is 210. The molecule has 178 valence electrons. The van der Waals surface area contributed by atoms with Crippen LogP contribution in [0.1, 0.15) is 6.92 Å². The molecule has 30 heavy (non-hydrogen) atoms. The molecule has 0 bridgehead atoms. The first-order valence-electron chi connectivity index (χ1n) is 6.58. The van der Waals surface area contributed by atoms with Crippen molar-refractivity contribution in [1.82, 2.24) is 0 Å². The molecule has 0 aromatic rings. The zero-order chi connectivity index (χ0) is 25.0. The Morgan fingerprint density at radius 3 is 1.13 bits per heavy atom. The van der Waals surface area contributed by atoms with E-state index in [1.165, 1.54) is 0 Å². The first-order valence-corrected chi connectivity index (χ1v) is 6.58. The lowest BCUT2D eigenvalue weighted by molar-refractivity contribution is -0.463. The Morgan fingerprint density at radius 1 is 0.600 bits per heavy atom. The molecule has 0 heterocycles. The van der Waals surface area contributed by atoms with Crippen LogP contribution in [0.5, 0.6) is 0 Å². The van der Waals surface area contributed by atoms with Crippen molar-refractivity contribution in [2.75, 3.05) is 0 Å². The van der Waals surface area contributed by atoms with Crippen molar-refractivity contribution >= 4 is 5.97 Å². The van der Waals surface area contributed by atoms with Crippen molar-refractivity contribution in [3.63, 3.8) is 0 Å². The van der Waals surface area contributed by atoms with Gasteiger partial charge in [0.15, 0.2) is 0 Å². The molecule has 0 fully saturated rings. The molecule has 0 aliphatic heterocycles. The number of ether oxygens (including phenoxy) is 1. The Balaban J connectivity index is 6.69. The monoisotopic (exact) mass is 486 g/mol. The van der Waals surface area contributed by atoms with Gasteiger partial charge >= 0.3 is 53.5 Å². The fraction of sp³-hybridized carbons (Fsp3) is 0.750. The molecule has 2 nitrogen and oxygen atoms in total. The summed E-state index contributed by atoms with van der Waals surface area (Å²) in [4.78, 5) is 10.6. The first-order chi connectivity index (χ1) is 12.7. The second-order valence-electron chi connectivity index (χ2n) is 5.49. The zero-order valence-electron chi connectivity index (χ0n) is 13.6. The molecule has 0 rings (SSSR count). The zero-order valence-corrected chi connectivity index (χ0v) is 13.6. The molecule has 0 aliphatic carbocycles. The number of halogens is 16. The van der Waals surface area contributed by atoms with E-state index in [0.29, 0.717) is 0 Å². The summed E-state index contributed by atoms with van der Waals surface area (Å²) in [6.45, 7) is 1.47. The van der Waals surface area contributed by atoms with Crippen molar-refractivity contribution < 1.29 is 79.8 Å². The Kier molecular flexibility index (Phi) is 6.61. The Bertz CT molecular complexity index is 674. The van der Waals surface area contributed by atoms with Gasteiger partial charge in [-0.05, 0) is 0 Å². The van der Waals surface area contributed by atoms with Crippen LogP contribution in [0.3, 0.4) is 0 Å². The van der Waals surface area contributed by atoms with Gasteiger partial charge in [-0.2, -0.15) is 70.2 Å². The number of alkyl halides is 16. The summed E-state index contributed by atoms with van der Waals surface area (Å²) in [6.07, 6.45) is -7.99. The smallest absolute Gasteiger partial charge is 0.419 e. The SMILES string of the molecule is C=CC(=O)O[C@@](C)(F)C(F)(F)C(F)(F)C(F)(F)C(F)(F)C(F)(F)C(F)(F)C(F)(F)F. The summed E-state index contributed by atoms with van der Waals surface area (Å²) in [6, 6.07) is 0. The Morgan fingerprint density at radius 2 is 0.867 bits per heavy atom. The molecular weight excluding hydrogens is 480 g/mol. The normalized spacial score (nSPS) is 17.4. The molecule has 0 aromatic carbocycles. The number of carbonyl (C=O) groups excluding carboxylic acids is 1. The minimum Gasteiger partial charge on any atom is -0.419 e. The lowest BCUT2D eigenvalue weighted by atomic mass is 9.89. The average molecular weight is 486 g/mol. The molecule has 0 radical (unpaired) electrons. The topological polar surface area (TPSA) is 26.3 Å². The van der Waals surface area contributed by atoms with Gasteiger partial charge in [-0.3, -0.25) is 0 Å². The summed E-state index contributed by atoms with van der Waals surface area (Å²) in [7, 11) is 0. The standard InChI is InChI=1S/C12H6F16O2/c1-3-4(29)30-5(2,13)6(14,15)7(16,17)8(18,19)9(20,21)10(22,23)11(24,25)12(26,27)28/h3H,1H2,2H3/t5-/m1/s1. The minimum absolute atomic E-state index is 0.239.